The van der Waals surface area contributed by atoms with E-state index in [1.54, 1.807) is 31.2 Å². The van der Waals surface area contributed by atoms with Crippen molar-refractivity contribution in [2.75, 3.05) is 14.1 Å². The highest BCUT2D eigenvalue weighted by Crippen LogP contribution is 2.17. The Morgan fingerprint density at radius 1 is 1.35 bits per heavy atom. The van der Waals surface area contributed by atoms with Gasteiger partial charge in [-0.1, -0.05) is 29.8 Å². The first-order valence-corrected chi connectivity index (χ1v) is 7.53. The smallest absolute Gasteiger partial charge is 0.267 e. The minimum Gasteiger partial charge on any atom is -0.267 e. The minimum absolute atomic E-state index is 0.0254. The summed E-state index contributed by atoms with van der Waals surface area (Å²) in [5.74, 6) is -0.331. The van der Waals surface area contributed by atoms with Crippen LogP contribution in [0.1, 0.15) is 21.5 Å². The number of rotatable bonds is 4. The highest BCUT2D eigenvalue weighted by molar-refractivity contribution is 6.34. The fraction of sp³-hybridized carbons (Fsp3) is 0.200. The molecule has 1 aromatic carbocycles. The molecule has 0 saturated carbocycles. The van der Waals surface area contributed by atoms with E-state index >= 15 is 0 Å². The summed E-state index contributed by atoms with van der Waals surface area (Å²) in [5.41, 5.74) is 1.50. The van der Waals surface area contributed by atoms with Crippen molar-refractivity contribution in [3.8, 4) is 6.07 Å². The molecule has 1 aromatic heterocycles. The van der Waals surface area contributed by atoms with E-state index in [0.29, 0.717) is 10.9 Å². The van der Waals surface area contributed by atoms with Crippen LogP contribution in [0.15, 0.2) is 30.3 Å². The number of amides is 1. The van der Waals surface area contributed by atoms with Gasteiger partial charge in [-0.3, -0.25) is 9.80 Å². The first-order chi connectivity index (χ1) is 10.9. The molecule has 115 valence electrons. The fourth-order valence-corrected chi connectivity index (χ4v) is 2.36. The van der Waals surface area contributed by atoms with Crippen LogP contribution in [0.4, 0.5) is 0 Å². The Hall–Kier alpha value is -2.27. The molecule has 23 heavy (non-hydrogen) atoms. The van der Waals surface area contributed by atoms with Crippen molar-refractivity contribution >= 4 is 33.1 Å². The summed E-state index contributed by atoms with van der Waals surface area (Å²) in [6.07, 6.45) is 0. The summed E-state index contributed by atoms with van der Waals surface area (Å²) in [6.45, 7) is 0.241. The lowest BCUT2D eigenvalue weighted by Crippen LogP contribution is -2.42. The summed E-state index contributed by atoms with van der Waals surface area (Å²) in [6, 6.07) is 10.8. The second-order valence-electron chi connectivity index (χ2n) is 4.91. The van der Waals surface area contributed by atoms with Crippen LogP contribution in [-0.4, -0.2) is 50.5 Å². The predicted molar refractivity (Wildman–Crippen MR) is 87.1 cm³/mol. The van der Waals surface area contributed by atoms with Crippen molar-refractivity contribution in [2.24, 2.45) is 0 Å². The zero-order chi connectivity index (χ0) is 17.0. The third-order valence-electron chi connectivity index (χ3n) is 3.15. The van der Waals surface area contributed by atoms with Crippen LogP contribution in [0.2, 0.25) is 5.15 Å². The molecule has 0 saturated heterocycles. The maximum atomic E-state index is 12.8. The molecule has 2 rings (SSSR count). The molecular weight excluding hydrogens is 330 g/mol. The first kappa shape index (κ1) is 17.1. The SMILES string of the molecule is CN(C)N(Cc1ccccc1C#N)C(=O)c1cc([Si])nnc1Cl. The van der Waals surface area contributed by atoms with E-state index in [1.807, 2.05) is 12.1 Å². The van der Waals surface area contributed by atoms with Gasteiger partial charge in [-0.2, -0.15) is 10.4 Å². The molecule has 0 fully saturated rings. The number of nitrogens with zero attached hydrogens (tertiary/aromatic N) is 5. The van der Waals surface area contributed by atoms with Crippen molar-refractivity contribution in [1.82, 2.24) is 20.2 Å². The van der Waals surface area contributed by atoms with Crippen molar-refractivity contribution < 1.29 is 4.79 Å². The molecule has 0 aliphatic rings. The van der Waals surface area contributed by atoms with Crippen LogP contribution in [0.5, 0.6) is 0 Å². The number of hydrazine groups is 1. The molecule has 0 aliphatic carbocycles. The maximum Gasteiger partial charge on any atom is 0.271 e. The number of benzene rings is 1. The molecular formula is C15H13ClN5OSi. The molecule has 0 unspecified atom stereocenters. The van der Waals surface area contributed by atoms with Crippen LogP contribution in [-0.2, 0) is 6.54 Å². The van der Waals surface area contributed by atoms with E-state index < -0.39 is 0 Å². The van der Waals surface area contributed by atoms with Crippen molar-refractivity contribution in [1.29, 1.82) is 5.26 Å². The largest absolute Gasteiger partial charge is 0.271 e. The van der Waals surface area contributed by atoms with E-state index in [0.717, 1.165) is 5.56 Å². The van der Waals surface area contributed by atoms with Crippen LogP contribution in [0.3, 0.4) is 0 Å². The van der Waals surface area contributed by atoms with E-state index in [4.69, 9.17) is 11.6 Å². The van der Waals surface area contributed by atoms with Gasteiger partial charge < -0.3 is 0 Å². The van der Waals surface area contributed by atoms with E-state index in [1.165, 1.54) is 11.1 Å². The number of nitriles is 1. The van der Waals surface area contributed by atoms with Gasteiger partial charge in [-0.15, -0.1) is 5.10 Å². The highest BCUT2D eigenvalue weighted by atomic mass is 35.5. The fourth-order valence-electron chi connectivity index (χ4n) is 1.99. The topological polar surface area (TPSA) is 73.1 Å². The van der Waals surface area contributed by atoms with Crippen LogP contribution in [0, 0.1) is 11.3 Å². The van der Waals surface area contributed by atoms with Crippen LogP contribution >= 0.6 is 11.6 Å². The minimum atomic E-state index is -0.331. The van der Waals surface area contributed by atoms with Crippen molar-refractivity contribution in [3.05, 3.63) is 52.2 Å². The number of halogens is 1. The molecule has 0 N–H and O–H groups in total. The Kier molecular flexibility index (Phi) is 5.44. The summed E-state index contributed by atoms with van der Waals surface area (Å²) < 4.78 is 0. The molecule has 2 aromatic rings. The Balaban J connectivity index is 2.37. The molecule has 0 atom stereocenters. The van der Waals surface area contributed by atoms with Gasteiger partial charge in [-0.05, 0) is 17.7 Å². The molecule has 0 spiro atoms. The third-order valence-corrected chi connectivity index (χ3v) is 3.68. The van der Waals surface area contributed by atoms with Crippen LogP contribution in [0.25, 0.3) is 0 Å². The third kappa shape index (κ3) is 3.93. The average molecular weight is 343 g/mol. The van der Waals surface area contributed by atoms with Crippen LogP contribution < -0.4 is 5.32 Å². The summed E-state index contributed by atoms with van der Waals surface area (Å²) in [7, 11) is 6.71. The highest BCUT2D eigenvalue weighted by Gasteiger charge is 2.22. The van der Waals surface area contributed by atoms with Gasteiger partial charge in [0, 0.05) is 19.4 Å². The van der Waals surface area contributed by atoms with Gasteiger partial charge in [0.25, 0.3) is 5.91 Å². The second kappa shape index (κ2) is 7.33. The molecule has 8 heteroatoms. The molecule has 6 nitrogen and oxygen atoms in total. The van der Waals surface area contributed by atoms with E-state index in [2.05, 4.69) is 26.5 Å². The predicted octanol–water partition coefficient (Wildman–Crippen LogP) is 0.914. The first-order valence-electron chi connectivity index (χ1n) is 6.66. The van der Waals surface area contributed by atoms with Crippen molar-refractivity contribution in [3.63, 3.8) is 0 Å². The van der Waals surface area contributed by atoms with Gasteiger partial charge in [-0.25, -0.2) is 5.01 Å². The lowest BCUT2D eigenvalue weighted by Gasteiger charge is -2.29. The Morgan fingerprint density at radius 2 is 2.04 bits per heavy atom. The lowest BCUT2D eigenvalue weighted by molar-refractivity contribution is 0.0154. The Morgan fingerprint density at radius 3 is 2.70 bits per heavy atom. The van der Waals surface area contributed by atoms with E-state index in [9.17, 15) is 10.1 Å². The van der Waals surface area contributed by atoms with Gasteiger partial charge in [0.05, 0.1) is 23.7 Å². The summed E-state index contributed by atoms with van der Waals surface area (Å²) >= 11 is 5.99. The number of aromatic nitrogens is 2. The zero-order valence-corrected chi connectivity index (χ0v) is 14.4. The zero-order valence-electron chi connectivity index (χ0n) is 12.6. The molecule has 1 amide bonds. The monoisotopic (exact) mass is 342 g/mol. The van der Waals surface area contributed by atoms with Gasteiger partial charge in [0.1, 0.15) is 10.2 Å². The summed E-state index contributed by atoms with van der Waals surface area (Å²) in [4.78, 5) is 12.8. The Bertz CT molecular complexity index is 775. The average Bonchev–Trinajstić information content (AvgIpc) is 2.54. The maximum absolute atomic E-state index is 12.8. The van der Waals surface area contributed by atoms with Gasteiger partial charge in [0.15, 0.2) is 5.15 Å². The lowest BCUT2D eigenvalue weighted by atomic mass is 10.1. The van der Waals surface area contributed by atoms with E-state index in [-0.39, 0.29) is 23.2 Å². The molecule has 0 bridgehead atoms. The van der Waals surface area contributed by atoms with Gasteiger partial charge >= 0.3 is 0 Å². The summed E-state index contributed by atoms with van der Waals surface area (Å²) in [5, 5.41) is 20.2. The standard InChI is InChI=1S/C15H13ClN5OSi/c1-20(2)21(9-11-6-4-3-5-10(11)8-17)15(22)12-7-13(23)18-19-14(12)16/h3-7H,9H2,1-2H3. The number of hydrogen-bond donors (Lipinski definition) is 0. The Labute approximate surface area is 142 Å². The molecule has 1 heterocycles. The normalized spacial score (nSPS) is 10.4. The van der Waals surface area contributed by atoms with Crippen molar-refractivity contribution in [2.45, 2.75) is 6.54 Å². The number of carbonyl (C=O) groups is 1. The molecule has 0 aliphatic heterocycles. The number of carbonyl (C=O) groups excluding carboxylic acids is 1. The number of hydrogen-bond acceptors (Lipinski definition) is 5. The van der Waals surface area contributed by atoms with Gasteiger partial charge in [0.2, 0.25) is 0 Å². The second-order valence-corrected chi connectivity index (χ2v) is 5.78. The quantitative estimate of drug-likeness (QED) is 0.610. The molecule has 3 radical (unpaired) electrons.